The van der Waals surface area contributed by atoms with E-state index in [-0.39, 0.29) is 5.91 Å². The maximum Gasteiger partial charge on any atom is 0.269 e. The molecule has 4 nitrogen and oxygen atoms in total. The Morgan fingerprint density at radius 2 is 2.12 bits per heavy atom. The van der Waals surface area contributed by atoms with Gasteiger partial charge in [-0.25, -0.2) is 4.98 Å². The Bertz CT molecular complexity index is 479. The van der Waals surface area contributed by atoms with Crippen LogP contribution in [0.25, 0.3) is 0 Å². The van der Waals surface area contributed by atoms with E-state index in [9.17, 15) is 4.79 Å². The summed E-state index contributed by atoms with van der Waals surface area (Å²) < 4.78 is 0. The summed E-state index contributed by atoms with van der Waals surface area (Å²) in [4.78, 5) is 18.1. The van der Waals surface area contributed by atoms with Gasteiger partial charge in [-0.05, 0) is 24.1 Å². The fourth-order valence-electron chi connectivity index (χ4n) is 1.45. The van der Waals surface area contributed by atoms with Crippen molar-refractivity contribution in [2.24, 2.45) is 0 Å². The van der Waals surface area contributed by atoms with Gasteiger partial charge in [0.05, 0.1) is 12.5 Å². The van der Waals surface area contributed by atoms with E-state index in [2.05, 4.69) is 15.3 Å². The van der Waals surface area contributed by atoms with Crippen LogP contribution in [0.2, 0.25) is 5.02 Å². The minimum absolute atomic E-state index is 0.142. The molecule has 0 saturated heterocycles. The van der Waals surface area contributed by atoms with E-state index >= 15 is 0 Å². The lowest BCUT2D eigenvalue weighted by molar-refractivity contribution is 0.0949. The first-order chi connectivity index (χ1) is 8.25. The van der Waals surface area contributed by atoms with Crippen LogP contribution >= 0.6 is 11.6 Å². The lowest BCUT2D eigenvalue weighted by Crippen LogP contribution is -2.25. The minimum atomic E-state index is -0.142. The molecule has 1 heterocycles. The van der Waals surface area contributed by atoms with Gasteiger partial charge in [-0.1, -0.05) is 23.7 Å². The molecular formula is C12H12ClN3O. The van der Waals surface area contributed by atoms with Crippen LogP contribution in [-0.2, 0) is 6.42 Å². The zero-order valence-corrected chi connectivity index (χ0v) is 9.87. The average molecular weight is 250 g/mol. The highest BCUT2D eigenvalue weighted by atomic mass is 35.5. The van der Waals surface area contributed by atoms with Crippen molar-refractivity contribution in [1.29, 1.82) is 0 Å². The molecule has 5 heteroatoms. The molecule has 0 atom stereocenters. The van der Waals surface area contributed by atoms with Gasteiger partial charge in [0.1, 0.15) is 5.69 Å². The number of nitrogens with one attached hydrogen (secondary N) is 2. The van der Waals surface area contributed by atoms with E-state index in [1.165, 1.54) is 12.5 Å². The molecule has 0 spiro atoms. The first-order valence-corrected chi connectivity index (χ1v) is 5.64. The van der Waals surface area contributed by atoms with Gasteiger partial charge in [0.15, 0.2) is 0 Å². The predicted octanol–water partition coefficient (Wildman–Crippen LogP) is 2.04. The Kier molecular flexibility index (Phi) is 3.77. The highest BCUT2D eigenvalue weighted by Crippen LogP contribution is 2.09. The number of aromatic nitrogens is 2. The summed E-state index contributed by atoms with van der Waals surface area (Å²) in [6.07, 6.45) is 3.75. The molecule has 1 aromatic carbocycles. The molecule has 0 aliphatic heterocycles. The molecule has 1 amide bonds. The maximum absolute atomic E-state index is 11.5. The molecule has 17 heavy (non-hydrogen) atoms. The van der Waals surface area contributed by atoms with Crippen molar-refractivity contribution < 1.29 is 4.79 Å². The first-order valence-electron chi connectivity index (χ1n) is 5.27. The smallest absolute Gasteiger partial charge is 0.269 e. The third kappa shape index (κ3) is 3.32. The number of hydrogen-bond donors (Lipinski definition) is 2. The molecule has 1 aromatic heterocycles. The van der Waals surface area contributed by atoms with E-state index in [1.807, 2.05) is 24.3 Å². The molecule has 0 aliphatic rings. The minimum Gasteiger partial charge on any atom is -0.350 e. The van der Waals surface area contributed by atoms with Gasteiger partial charge in [-0.3, -0.25) is 4.79 Å². The Labute approximate surface area is 104 Å². The van der Waals surface area contributed by atoms with Crippen molar-refractivity contribution in [2.45, 2.75) is 6.42 Å². The molecular weight excluding hydrogens is 238 g/mol. The Morgan fingerprint density at radius 3 is 2.76 bits per heavy atom. The normalized spacial score (nSPS) is 10.2. The largest absolute Gasteiger partial charge is 0.350 e. The molecule has 0 radical (unpaired) electrons. The molecule has 2 rings (SSSR count). The fraction of sp³-hybridized carbons (Fsp3) is 0.167. The van der Waals surface area contributed by atoms with Crippen molar-refractivity contribution in [3.8, 4) is 0 Å². The molecule has 2 aromatic rings. The zero-order valence-electron chi connectivity index (χ0n) is 9.11. The molecule has 0 aliphatic carbocycles. The Balaban J connectivity index is 1.80. The summed E-state index contributed by atoms with van der Waals surface area (Å²) >= 11 is 5.78. The third-order valence-electron chi connectivity index (χ3n) is 2.36. The second kappa shape index (κ2) is 5.50. The monoisotopic (exact) mass is 249 g/mol. The topological polar surface area (TPSA) is 57.8 Å². The zero-order chi connectivity index (χ0) is 12.1. The second-order valence-corrected chi connectivity index (χ2v) is 4.03. The van der Waals surface area contributed by atoms with Crippen molar-refractivity contribution in [2.75, 3.05) is 6.54 Å². The highest BCUT2D eigenvalue weighted by Gasteiger charge is 2.05. The van der Waals surface area contributed by atoms with Crippen LogP contribution in [-0.4, -0.2) is 22.4 Å². The number of aromatic amines is 1. The molecule has 0 unspecified atom stereocenters. The van der Waals surface area contributed by atoms with Gasteiger partial charge in [-0.15, -0.1) is 0 Å². The van der Waals surface area contributed by atoms with Gasteiger partial charge < -0.3 is 10.3 Å². The lowest BCUT2D eigenvalue weighted by Gasteiger charge is -2.03. The average Bonchev–Trinajstić information content (AvgIpc) is 2.85. The summed E-state index contributed by atoms with van der Waals surface area (Å²) in [7, 11) is 0. The number of carbonyl (C=O) groups excluding carboxylic acids is 1. The van der Waals surface area contributed by atoms with Crippen molar-refractivity contribution >= 4 is 17.5 Å². The van der Waals surface area contributed by atoms with Gasteiger partial charge in [0, 0.05) is 11.6 Å². The van der Waals surface area contributed by atoms with Crippen molar-refractivity contribution in [1.82, 2.24) is 15.3 Å². The number of rotatable bonds is 4. The highest BCUT2D eigenvalue weighted by molar-refractivity contribution is 6.30. The second-order valence-electron chi connectivity index (χ2n) is 3.60. The molecule has 2 N–H and O–H groups in total. The Hall–Kier alpha value is -1.81. The quantitative estimate of drug-likeness (QED) is 0.871. The van der Waals surface area contributed by atoms with E-state index in [1.54, 1.807) is 0 Å². The summed E-state index contributed by atoms with van der Waals surface area (Å²) in [5.74, 6) is -0.142. The van der Waals surface area contributed by atoms with Crippen molar-refractivity contribution in [3.63, 3.8) is 0 Å². The van der Waals surface area contributed by atoms with Gasteiger partial charge >= 0.3 is 0 Å². The van der Waals surface area contributed by atoms with Crippen LogP contribution in [0.3, 0.4) is 0 Å². The van der Waals surface area contributed by atoms with E-state index in [4.69, 9.17) is 11.6 Å². The summed E-state index contributed by atoms with van der Waals surface area (Å²) in [5.41, 5.74) is 1.61. The van der Waals surface area contributed by atoms with E-state index < -0.39 is 0 Å². The number of hydrogen-bond acceptors (Lipinski definition) is 2. The van der Waals surface area contributed by atoms with E-state index in [0.29, 0.717) is 12.2 Å². The van der Waals surface area contributed by atoms with Crippen LogP contribution < -0.4 is 5.32 Å². The standard InChI is InChI=1S/C12H12ClN3O/c13-10-3-1-9(2-4-10)5-6-15-12(17)11-7-14-8-16-11/h1-4,7-8H,5-6H2,(H,14,16)(H,15,17). The maximum atomic E-state index is 11.5. The third-order valence-corrected chi connectivity index (χ3v) is 2.61. The number of nitrogens with zero attached hydrogens (tertiary/aromatic N) is 1. The van der Waals surface area contributed by atoms with Gasteiger partial charge in [0.2, 0.25) is 0 Å². The number of amides is 1. The number of carbonyl (C=O) groups is 1. The SMILES string of the molecule is O=C(NCCc1ccc(Cl)cc1)c1cnc[nH]1. The Morgan fingerprint density at radius 1 is 1.35 bits per heavy atom. The fourth-order valence-corrected chi connectivity index (χ4v) is 1.57. The molecule has 0 bridgehead atoms. The van der Waals surface area contributed by atoms with Crippen LogP contribution in [0.5, 0.6) is 0 Å². The number of imidazole rings is 1. The summed E-state index contributed by atoms with van der Waals surface area (Å²) in [5, 5.41) is 3.52. The first kappa shape index (κ1) is 11.7. The van der Waals surface area contributed by atoms with Gasteiger partial charge in [-0.2, -0.15) is 0 Å². The van der Waals surface area contributed by atoms with E-state index in [0.717, 1.165) is 17.0 Å². The van der Waals surface area contributed by atoms with Crippen LogP contribution in [0.1, 0.15) is 16.1 Å². The van der Waals surface area contributed by atoms with Crippen LogP contribution in [0.4, 0.5) is 0 Å². The number of halogens is 1. The van der Waals surface area contributed by atoms with Gasteiger partial charge in [0.25, 0.3) is 5.91 Å². The molecule has 0 fully saturated rings. The number of H-pyrrole nitrogens is 1. The molecule has 0 saturated carbocycles. The predicted molar refractivity (Wildman–Crippen MR) is 66.1 cm³/mol. The van der Waals surface area contributed by atoms with Crippen molar-refractivity contribution in [3.05, 3.63) is 53.1 Å². The summed E-state index contributed by atoms with van der Waals surface area (Å²) in [6, 6.07) is 7.58. The van der Waals surface area contributed by atoms with Crippen LogP contribution in [0, 0.1) is 0 Å². The molecule has 88 valence electrons. The number of benzene rings is 1. The van der Waals surface area contributed by atoms with Crippen LogP contribution in [0.15, 0.2) is 36.8 Å². The summed E-state index contributed by atoms with van der Waals surface area (Å²) in [6.45, 7) is 0.583. The lowest BCUT2D eigenvalue weighted by atomic mass is 10.1.